The van der Waals surface area contributed by atoms with Crippen molar-refractivity contribution in [2.45, 2.75) is 12.8 Å². The van der Waals surface area contributed by atoms with Gasteiger partial charge in [0.2, 0.25) is 0 Å². The molecule has 0 atom stereocenters. The van der Waals surface area contributed by atoms with Crippen molar-refractivity contribution >= 4 is 15.9 Å². The molecule has 0 aliphatic rings. The van der Waals surface area contributed by atoms with E-state index in [-0.39, 0.29) is 4.80 Å². The summed E-state index contributed by atoms with van der Waals surface area (Å²) >= 11 is 2.75. The van der Waals surface area contributed by atoms with Gasteiger partial charge in [-0.2, -0.15) is 8.78 Å². The monoisotopic (exact) mass is 212 g/mol. The van der Waals surface area contributed by atoms with Crippen molar-refractivity contribution in [1.82, 2.24) is 10.2 Å². The molecule has 0 spiro atoms. The smallest absolute Gasteiger partial charge is 0.321 e. The van der Waals surface area contributed by atoms with E-state index in [1.165, 1.54) is 0 Å². The summed E-state index contributed by atoms with van der Waals surface area (Å²) in [6.07, 6.45) is 0. The number of hydrogen-bond acceptors (Lipinski definition) is 3. The van der Waals surface area contributed by atoms with Crippen molar-refractivity contribution in [3.05, 3.63) is 10.7 Å². The van der Waals surface area contributed by atoms with Crippen LogP contribution in [-0.4, -0.2) is 10.2 Å². The van der Waals surface area contributed by atoms with Crippen LogP contribution >= 0.6 is 15.9 Å². The van der Waals surface area contributed by atoms with Crippen LogP contribution in [-0.2, 0) is 5.92 Å². The molecule has 0 aliphatic heterocycles. The fraction of sp³-hybridized carbons (Fsp3) is 0.500. The second kappa shape index (κ2) is 2.26. The molecule has 1 aromatic heterocycles. The molecular formula is C4H3BrF2N2O. The van der Waals surface area contributed by atoms with Gasteiger partial charge >= 0.3 is 5.92 Å². The van der Waals surface area contributed by atoms with Gasteiger partial charge in [-0.3, -0.25) is 0 Å². The van der Waals surface area contributed by atoms with E-state index in [9.17, 15) is 8.78 Å². The van der Waals surface area contributed by atoms with E-state index in [2.05, 4.69) is 30.5 Å². The van der Waals surface area contributed by atoms with E-state index in [0.29, 0.717) is 6.92 Å². The fourth-order valence-corrected chi connectivity index (χ4v) is 0.615. The zero-order valence-electron chi connectivity index (χ0n) is 4.94. The molecule has 0 saturated heterocycles. The van der Waals surface area contributed by atoms with E-state index in [1.807, 2.05) is 0 Å². The predicted octanol–water partition coefficient (Wildman–Crippen LogP) is 1.94. The van der Waals surface area contributed by atoms with Gasteiger partial charge in [-0.25, -0.2) is 0 Å². The van der Waals surface area contributed by atoms with Crippen LogP contribution in [0.1, 0.15) is 12.8 Å². The lowest BCUT2D eigenvalue weighted by molar-refractivity contribution is -0.0117. The first-order chi connectivity index (χ1) is 4.50. The molecule has 0 fully saturated rings. The normalized spacial score (nSPS) is 12.0. The van der Waals surface area contributed by atoms with Crippen LogP contribution in [0.25, 0.3) is 0 Å². The van der Waals surface area contributed by atoms with Gasteiger partial charge in [-0.15, -0.1) is 10.2 Å². The third-order valence-corrected chi connectivity index (χ3v) is 1.10. The first-order valence-electron chi connectivity index (χ1n) is 2.37. The molecular weight excluding hydrogens is 210 g/mol. The molecule has 1 heterocycles. The Kier molecular flexibility index (Phi) is 1.72. The third kappa shape index (κ3) is 1.50. The number of halogens is 3. The Morgan fingerprint density at radius 3 is 2.30 bits per heavy atom. The van der Waals surface area contributed by atoms with Crippen LogP contribution in [0.15, 0.2) is 9.22 Å². The summed E-state index contributed by atoms with van der Waals surface area (Å²) in [5.74, 6) is -3.74. The molecule has 1 aromatic rings. The third-order valence-electron chi connectivity index (χ3n) is 0.776. The second-order valence-electron chi connectivity index (χ2n) is 1.75. The highest BCUT2D eigenvalue weighted by Crippen LogP contribution is 2.26. The molecule has 0 aliphatic carbocycles. The van der Waals surface area contributed by atoms with E-state index >= 15 is 0 Å². The highest BCUT2D eigenvalue weighted by molar-refractivity contribution is 9.10. The van der Waals surface area contributed by atoms with Crippen LogP contribution < -0.4 is 0 Å². The Hall–Kier alpha value is -0.520. The van der Waals surface area contributed by atoms with Crippen molar-refractivity contribution in [3.63, 3.8) is 0 Å². The summed E-state index contributed by atoms with van der Waals surface area (Å²) in [6.45, 7) is 0.687. The number of rotatable bonds is 1. The SMILES string of the molecule is CC(F)(F)c1nnc(Br)o1. The highest BCUT2D eigenvalue weighted by atomic mass is 79.9. The summed E-state index contributed by atoms with van der Waals surface area (Å²) in [7, 11) is 0. The van der Waals surface area contributed by atoms with Gasteiger partial charge < -0.3 is 4.42 Å². The second-order valence-corrected chi connectivity index (χ2v) is 2.43. The Balaban J connectivity index is 2.96. The summed E-state index contributed by atoms with van der Waals surface area (Å²) in [5, 5.41) is 6.28. The maximum atomic E-state index is 12.3. The van der Waals surface area contributed by atoms with Crippen molar-refractivity contribution < 1.29 is 13.2 Å². The lowest BCUT2D eigenvalue weighted by Gasteiger charge is -2.00. The lowest BCUT2D eigenvalue weighted by Crippen LogP contribution is -2.06. The van der Waals surface area contributed by atoms with Crippen molar-refractivity contribution in [1.29, 1.82) is 0 Å². The van der Waals surface area contributed by atoms with E-state index in [1.54, 1.807) is 0 Å². The van der Waals surface area contributed by atoms with Crippen molar-refractivity contribution in [2.75, 3.05) is 0 Å². The standard InChI is InChI=1S/C4H3BrF2N2O/c1-4(6,7)2-8-9-3(5)10-2/h1H3. The van der Waals surface area contributed by atoms with Crippen LogP contribution in [0.5, 0.6) is 0 Å². The van der Waals surface area contributed by atoms with E-state index < -0.39 is 11.8 Å². The van der Waals surface area contributed by atoms with Crippen LogP contribution in [0.2, 0.25) is 0 Å². The Morgan fingerprint density at radius 1 is 1.50 bits per heavy atom. The molecule has 0 amide bonds. The summed E-state index contributed by atoms with van der Waals surface area (Å²) in [6, 6.07) is 0. The molecule has 1 rings (SSSR count). The van der Waals surface area contributed by atoms with Gasteiger partial charge in [0, 0.05) is 22.9 Å². The zero-order valence-corrected chi connectivity index (χ0v) is 6.52. The van der Waals surface area contributed by atoms with Gasteiger partial charge in [-0.1, -0.05) is 0 Å². The summed E-state index contributed by atoms with van der Waals surface area (Å²) < 4.78 is 28.9. The average Bonchev–Trinajstić information content (AvgIpc) is 2.11. The quantitative estimate of drug-likeness (QED) is 0.715. The maximum absolute atomic E-state index is 12.3. The topological polar surface area (TPSA) is 38.9 Å². The minimum Gasteiger partial charge on any atom is -0.410 e. The van der Waals surface area contributed by atoms with Crippen LogP contribution in [0, 0.1) is 0 Å². The molecule has 56 valence electrons. The number of nitrogens with zero attached hydrogens (tertiary/aromatic N) is 2. The first kappa shape index (κ1) is 7.59. The molecule has 0 unspecified atom stereocenters. The van der Waals surface area contributed by atoms with Crippen LogP contribution in [0.4, 0.5) is 8.78 Å². The largest absolute Gasteiger partial charge is 0.410 e. The Morgan fingerprint density at radius 2 is 2.10 bits per heavy atom. The van der Waals surface area contributed by atoms with Gasteiger partial charge in [0.1, 0.15) is 0 Å². The molecule has 0 bridgehead atoms. The van der Waals surface area contributed by atoms with Crippen LogP contribution in [0.3, 0.4) is 0 Å². The molecule has 0 aromatic carbocycles. The molecule has 6 heteroatoms. The first-order valence-corrected chi connectivity index (χ1v) is 3.17. The average molecular weight is 213 g/mol. The minimum atomic E-state index is -3.06. The molecule has 0 N–H and O–H groups in total. The number of aromatic nitrogens is 2. The van der Waals surface area contributed by atoms with Gasteiger partial charge in [0.15, 0.2) is 0 Å². The number of alkyl halides is 2. The highest BCUT2D eigenvalue weighted by Gasteiger charge is 2.31. The summed E-state index contributed by atoms with van der Waals surface area (Å²) in [5.41, 5.74) is 0. The van der Waals surface area contributed by atoms with Gasteiger partial charge in [0.05, 0.1) is 0 Å². The minimum absolute atomic E-state index is 0.0379. The Bertz CT molecular complexity index is 231. The maximum Gasteiger partial charge on any atom is 0.321 e. The van der Waals surface area contributed by atoms with Gasteiger partial charge in [0.25, 0.3) is 10.7 Å². The summed E-state index contributed by atoms with van der Waals surface area (Å²) in [4.78, 5) is -0.0379. The molecule has 10 heavy (non-hydrogen) atoms. The van der Waals surface area contributed by atoms with E-state index in [0.717, 1.165) is 0 Å². The van der Waals surface area contributed by atoms with Crippen molar-refractivity contribution in [2.24, 2.45) is 0 Å². The zero-order chi connectivity index (χ0) is 7.78. The van der Waals surface area contributed by atoms with Crippen molar-refractivity contribution in [3.8, 4) is 0 Å². The van der Waals surface area contributed by atoms with Gasteiger partial charge in [-0.05, 0) is 0 Å². The van der Waals surface area contributed by atoms with E-state index in [4.69, 9.17) is 0 Å². The molecule has 0 radical (unpaired) electrons. The molecule has 3 nitrogen and oxygen atoms in total. The lowest BCUT2D eigenvalue weighted by atomic mass is 10.4. The predicted molar refractivity (Wildman–Crippen MR) is 31.6 cm³/mol. The molecule has 0 saturated carbocycles. The fourth-order valence-electron chi connectivity index (χ4n) is 0.383. The Labute approximate surface area is 63.6 Å². The number of hydrogen-bond donors (Lipinski definition) is 0.